The van der Waals surface area contributed by atoms with Gasteiger partial charge in [0.05, 0.1) is 23.5 Å². The van der Waals surface area contributed by atoms with E-state index in [-0.39, 0.29) is 23.7 Å². The molecule has 7 nitrogen and oxygen atoms in total. The second-order valence-corrected chi connectivity index (χ2v) is 6.49. The van der Waals surface area contributed by atoms with E-state index in [0.29, 0.717) is 18.7 Å². The van der Waals surface area contributed by atoms with Crippen LogP contribution in [0, 0.1) is 0 Å². The fourth-order valence-electron chi connectivity index (χ4n) is 2.78. The van der Waals surface area contributed by atoms with Crippen molar-refractivity contribution in [2.45, 2.75) is 13.0 Å². The van der Waals surface area contributed by atoms with E-state index in [0.717, 1.165) is 5.56 Å². The first kappa shape index (κ1) is 20.7. The van der Waals surface area contributed by atoms with Crippen LogP contribution >= 0.6 is 0 Å². The van der Waals surface area contributed by atoms with Gasteiger partial charge in [0, 0.05) is 12.7 Å². The van der Waals surface area contributed by atoms with Gasteiger partial charge in [-0.2, -0.15) is 0 Å². The Morgan fingerprint density at radius 1 is 0.767 bits per heavy atom. The van der Waals surface area contributed by atoms with Crippen LogP contribution in [0.2, 0.25) is 0 Å². The maximum atomic E-state index is 12.5. The summed E-state index contributed by atoms with van der Waals surface area (Å²) in [6.07, 6.45) is 2.30. The number of anilines is 1. The molecule has 0 unspecified atom stereocenters. The van der Waals surface area contributed by atoms with Gasteiger partial charge in [-0.05, 0) is 36.2 Å². The van der Waals surface area contributed by atoms with Crippen molar-refractivity contribution in [2.75, 3.05) is 11.9 Å². The quantitative estimate of drug-likeness (QED) is 0.528. The Labute approximate surface area is 174 Å². The fraction of sp³-hybridized carbons (Fsp3) is 0.130. The monoisotopic (exact) mass is 402 g/mol. The first-order chi connectivity index (χ1) is 14.6. The molecule has 0 saturated carbocycles. The summed E-state index contributed by atoms with van der Waals surface area (Å²) in [5, 5.41) is 7.85. The molecule has 0 aliphatic rings. The summed E-state index contributed by atoms with van der Waals surface area (Å²) in [5.74, 6) is -1.98. The van der Waals surface area contributed by atoms with Crippen LogP contribution in [0.5, 0.6) is 0 Å². The topological polar surface area (TPSA) is 100 Å². The first-order valence-electron chi connectivity index (χ1n) is 9.54. The predicted molar refractivity (Wildman–Crippen MR) is 114 cm³/mol. The third-order valence-electron chi connectivity index (χ3n) is 4.32. The molecular weight excluding hydrogens is 380 g/mol. The zero-order valence-electron chi connectivity index (χ0n) is 16.3. The largest absolute Gasteiger partial charge is 0.352 e. The van der Waals surface area contributed by atoms with Gasteiger partial charge >= 0.3 is 11.8 Å². The second kappa shape index (κ2) is 10.5. The molecule has 0 atom stereocenters. The lowest BCUT2D eigenvalue weighted by molar-refractivity contribution is -0.136. The SMILES string of the molecule is O=C(NCc1ccccn1)C(=O)Nc1ccccc1C(=O)NCCc1ccccc1. The van der Waals surface area contributed by atoms with Gasteiger partial charge in [0.2, 0.25) is 0 Å². The summed E-state index contributed by atoms with van der Waals surface area (Å²) >= 11 is 0. The van der Waals surface area contributed by atoms with Crippen LogP contribution in [0.25, 0.3) is 0 Å². The van der Waals surface area contributed by atoms with Gasteiger partial charge in [0.25, 0.3) is 5.91 Å². The van der Waals surface area contributed by atoms with Crippen molar-refractivity contribution in [2.24, 2.45) is 0 Å². The molecule has 0 aliphatic heterocycles. The lowest BCUT2D eigenvalue weighted by atomic mass is 10.1. The van der Waals surface area contributed by atoms with Gasteiger partial charge in [0.1, 0.15) is 0 Å². The van der Waals surface area contributed by atoms with Crippen LogP contribution in [0.15, 0.2) is 79.0 Å². The molecule has 30 heavy (non-hydrogen) atoms. The standard InChI is InChI=1S/C23H22N4O3/c28-21(25-15-13-17-8-2-1-3-9-17)19-11-4-5-12-20(19)27-23(30)22(29)26-16-18-10-6-7-14-24-18/h1-12,14H,13,15-16H2,(H,25,28)(H,26,29)(H,27,30). The Kier molecular flexibility index (Phi) is 7.27. The molecule has 3 N–H and O–H groups in total. The van der Waals surface area contributed by atoms with Crippen molar-refractivity contribution in [3.63, 3.8) is 0 Å². The summed E-state index contributed by atoms with van der Waals surface area (Å²) in [6, 6.07) is 21.7. The maximum Gasteiger partial charge on any atom is 0.313 e. The average molecular weight is 402 g/mol. The number of nitrogens with one attached hydrogen (secondary N) is 3. The average Bonchev–Trinajstić information content (AvgIpc) is 2.79. The van der Waals surface area contributed by atoms with Crippen molar-refractivity contribution < 1.29 is 14.4 Å². The second-order valence-electron chi connectivity index (χ2n) is 6.49. The summed E-state index contributed by atoms with van der Waals surface area (Å²) in [7, 11) is 0. The Hall–Kier alpha value is -4.00. The van der Waals surface area contributed by atoms with E-state index in [9.17, 15) is 14.4 Å². The molecule has 2 aromatic carbocycles. The van der Waals surface area contributed by atoms with Crippen molar-refractivity contribution in [1.29, 1.82) is 0 Å². The molecule has 152 valence electrons. The minimum Gasteiger partial charge on any atom is -0.352 e. The number of benzene rings is 2. The van der Waals surface area contributed by atoms with Crippen molar-refractivity contribution in [3.05, 3.63) is 95.8 Å². The van der Waals surface area contributed by atoms with Crippen LogP contribution in [0.3, 0.4) is 0 Å². The number of amides is 3. The number of aromatic nitrogens is 1. The number of carbonyl (C=O) groups excluding carboxylic acids is 3. The fourth-order valence-corrected chi connectivity index (χ4v) is 2.78. The summed E-state index contributed by atoms with van der Waals surface area (Å²) in [6.45, 7) is 0.588. The van der Waals surface area contributed by atoms with Crippen molar-refractivity contribution in [1.82, 2.24) is 15.6 Å². The highest BCUT2D eigenvalue weighted by Gasteiger charge is 2.17. The molecule has 3 rings (SSSR count). The van der Waals surface area contributed by atoms with Crippen LogP contribution in [-0.4, -0.2) is 29.3 Å². The van der Waals surface area contributed by atoms with Gasteiger partial charge < -0.3 is 16.0 Å². The van der Waals surface area contributed by atoms with Crippen LogP contribution in [0.1, 0.15) is 21.6 Å². The maximum absolute atomic E-state index is 12.5. The van der Waals surface area contributed by atoms with Gasteiger partial charge in [-0.1, -0.05) is 48.5 Å². The van der Waals surface area contributed by atoms with Gasteiger partial charge in [-0.25, -0.2) is 0 Å². The molecule has 0 aliphatic carbocycles. The normalized spacial score (nSPS) is 10.1. The number of para-hydroxylation sites is 1. The Bertz CT molecular complexity index is 1010. The van der Waals surface area contributed by atoms with Crippen LogP contribution in [0.4, 0.5) is 5.69 Å². The van der Waals surface area contributed by atoms with E-state index in [4.69, 9.17) is 0 Å². The lowest BCUT2D eigenvalue weighted by Gasteiger charge is -2.11. The zero-order valence-corrected chi connectivity index (χ0v) is 16.3. The van der Waals surface area contributed by atoms with E-state index in [1.807, 2.05) is 30.3 Å². The first-order valence-corrected chi connectivity index (χ1v) is 9.54. The van der Waals surface area contributed by atoms with Crippen LogP contribution < -0.4 is 16.0 Å². The van der Waals surface area contributed by atoms with E-state index in [2.05, 4.69) is 20.9 Å². The predicted octanol–water partition coefficient (Wildman–Crippen LogP) is 2.31. The Balaban J connectivity index is 1.55. The van der Waals surface area contributed by atoms with Gasteiger partial charge in [0.15, 0.2) is 0 Å². The van der Waals surface area contributed by atoms with E-state index < -0.39 is 11.8 Å². The molecule has 1 aromatic heterocycles. The van der Waals surface area contributed by atoms with Gasteiger partial charge in [-0.3, -0.25) is 19.4 Å². The highest BCUT2D eigenvalue weighted by molar-refractivity contribution is 6.40. The number of nitrogens with zero attached hydrogens (tertiary/aromatic N) is 1. The number of hydrogen-bond acceptors (Lipinski definition) is 4. The molecular formula is C23H22N4O3. The molecule has 3 aromatic rings. The lowest BCUT2D eigenvalue weighted by Crippen LogP contribution is -2.36. The minimum atomic E-state index is -0.851. The third kappa shape index (κ3) is 6.00. The van der Waals surface area contributed by atoms with Gasteiger partial charge in [-0.15, -0.1) is 0 Å². The highest BCUT2D eigenvalue weighted by Crippen LogP contribution is 2.15. The van der Waals surface area contributed by atoms with E-state index in [1.54, 1.807) is 48.7 Å². The zero-order chi connectivity index (χ0) is 21.2. The summed E-state index contributed by atoms with van der Waals surface area (Å²) < 4.78 is 0. The molecule has 1 heterocycles. The van der Waals surface area contributed by atoms with Crippen molar-refractivity contribution in [3.8, 4) is 0 Å². The molecule has 3 amide bonds. The molecule has 0 saturated heterocycles. The molecule has 0 bridgehead atoms. The summed E-state index contributed by atoms with van der Waals surface area (Å²) in [4.78, 5) is 40.9. The molecule has 7 heteroatoms. The highest BCUT2D eigenvalue weighted by atomic mass is 16.2. The Morgan fingerprint density at radius 3 is 2.27 bits per heavy atom. The van der Waals surface area contributed by atoms with E-state index in [1.165, 1.54) is 0 Å². The number of rotatable bonds is 7. The summed E-state index contributed by atoms with van der Waals surface area (Å²) in [5.41, 5.74) is 2.31. The number of hydrogen-bond donors (Lipinski definition) is 3. The van der Waals surface area contributed by atoms with E-state index >= 15 is 0 Å². The van der Waals surface area contributed by atoms with Crippen LogP contribution in [-0.2, 0) is 22.6 Å². The molecule has 0 radical (unpaired) electrons. The number of carbonyl (C=O) groups is 3. The smallest absolute Gasteiger partial charge is 0.313 e. The number of pyridine rings is 1. The Morgan fingerprint density at radius 2 is 1.50 bits per heavy atom. The minimum absolute atomic E-state index is 0.134. The third-order valence-corrected chi connectivity index (χ3v) is 4.32. The molecule has 0 fully saturated rings. The van der Waals surface area contributed by atoms with Crippen molar-refractivity contribution >= 4 is 23.4 Å². The molecule has 0 spiro atoms.